The number of aliphatic hydroxyl groups excluding tert-OH is 1. The Morgan fingerprint density at radius 2 is 2.06 bits per heavy atom. The Morgan fingerprint density at radius 3 is 2.59 bits per heavy atom. The van der Waals surface area contributed by atoms with Crippen LogP contribution in [0.5, 0.6) is 0 Å². The Labute approximate surface area is 96.8 Å². The molecular weight excluding hydrogens is 237 g/mol. The summed E-state index contributed by atoms with van der Waals surface area (Å²) in [6.07, 6.45) is -4.56. The average molecular weight is 252 g/mol. The van der Waals surface area contributed by atoms with Gasteiger partial charge in [-0.1, -0.05) is 0 Å². The Hall–Kier alpha value is -0.820. The predicted molar refractivity (Wildman–Crippen MR) is 53.2 cm³/mol. The largest absolute Gasteiger partial charge is 0.416 e. The maximum absolute atomic E-state index is 12.1. The van der Waals surface area contributed by atoms with E-state index in [1.165, 1.54) is 0 Å². The van der Waals surface area contributed by atoms with Gasteiger partial charge in [0.25, 0.3) is 0 Å². The van der Waals surface area contributed by atoms with Crippen LogP contribution in [0.2, 0.25) is 0 Å². The van der Waals surface area contributed by atoms with Crippen LogP contribution in [0.25, 0.3) is 0 Å². The Balaban J connectivity index is 1.84. The molecular formula is C10H15F3N2O2. The van der Waals surface area contributed by atoms with Crippen molar-refractivity contribution in [3.63, 3.8) is 0 Å². The quantitative estimate of drug-likeness (QED) is 0.754. The monoisotopic (exact) mass is 252 g/mol. The van der Waals surface area contributed by atoms with Gasteiger partial charge in [0.15, 0.2) is 6.10 Å². The molecule has 1 aliphatic heterocycles. The number of rotatable bonds is 4. The molecule has 98 valence electrons. The molecule has 0 aromatic rings. The van der Waals surface area contributed by atoms with E-state index in [1.54, 1.807) is 0 Å². The molecule has 0 aromatic heterocycles. The molecule has 4 nitrogen and oxygen atoms in total. The van der Waals surface area contributed by atoms with E-state index in [9.17, 15) is 18.0 Å². The number of likely N-dealkylation sites (tertiary alicyclic amines) is 1. The van der Waals surface area contributed by atoms with Crippen molar-refractivity contribution in [1.82, 2.24) is 10.2 Å². The fraction of sp³-hybridized carbons (Fsp3) is 0.900. The number of halogens is 3. The average Bonchev–Trinajstić information content (AvgIpc) is 2.97. The van der Waals surface area contributed by atoms with Gasteiger partial charge in [-0.05, 0) is 19.3 Å². The number of carbonyl (C=O) groups is 1. The van der Waals surface area contributed by atoms with Crippen LogP contribution < -0.4 is 5.32 Å². The molecule has 2 atom stereocenters. The summed E-state index contributed by atoms with van der Waals surface area (Å²) in [7, 11) is 0. The van der Waals surface area contributed by atoms with Crippen LogP contribution in [0.3, 0.4) is 0 Å². The Kier molecular flexibility index (Phi) is 3.31. The summed E-state index contributed by atoms with van der Waals surface area (Å²) in [4.78, 5) is 12.8. The lowest BCUT2D eigenvalue weighted by molar-refractivity contribution is -0.207. The molecule has 0 spiro atoms. The van der Waals surface area contributed by atoms with Crippen molar-refractivity contribution in [2.75, 3.05) is 13.1 Å². The van der Waals surface area contributed by atoms with Gasteiger partial charge in [0, 0.05) is 12.6 Å². The molecule has 1 heterocycles. The Bertz CT molecular complexity index is 304. The number of nitrogens with zero attached hydrogens (tertiary/aromatic N) is 1. The van der Waals surface area contributed by atoms with Crippen LogP contribution in [0, 0.1) is 0 Å². The lowest BCUT2D eigenvalue weighted by atomic mass is 10.2. The first-order valence-corrected chi connectivity index (χ1v) is 5.67. The van der Waals surface area contributed by atoms with Crippen LogP contribution in [0.15, 0.2) is 0 Å². The van der Waals surface area contributed by atoms with Crippen molar-refractivity contribution in [3.05, 3.63) is 0 Å². The van der Waals surface area contributed by atoms with Gasteiger partial charge in [0.2, 0.25) is 5.91 Å². The summed E-state index contributed by atoms with van der Waals surface area (Å²) >= 11 is 0. The molecule has 2 N–H and O–H groups in total. The molecule has 2 unspecified atom stereocenters. The molecule has 17 heavy (non-hydrogen) atoms. The highest BCUT2D eigenvalue weighted by atomic mass is 19.4. The van der Waals surface area contributed by atoms with E-state index >= 15 is 0 Å². The fourth-order valence-corrected chi connectivity index (χ4v) is 1.92. The smallest absolute Gasteiger partial charge is 0.382 e. The second-order valence-corrected chi connectivity index (χ2v) is 4.62. The molecule has 1 saturated carbocycles. The summed E-state index contributed by atoms with van der Waals surface area (Å²) in [6, 6.07) is -0.0284. The SMILES string of the molecule is O=C1C(NC2CC2)CCN1CC(O)C(F)(F)F. The molecule has 0 bridgehead atoms. The van der Waals surface area contributed by atoms with Crippen molar-refractivity contribution in [2.45, 2.75) is 43.6 Å². The van der Waals surface area contributed by atoms with Crippen molar-refractivity contribution in [2.24, 2.45) is 0 Å². The van der Waals surface area contributed by atoms with Crippen molar-refractivity contribution in [1.29, 1.82) is 0 Å². The summed E-state index contributed by atoms with van der Waals surface area (Å²) in [5.41, 5.74) is 0. The minimum Gasteiger partial charge on any atom is -0.382 e. The number of amides is 1. The molecule has 1 aliphatic carbocycles. The van der Waals surface area contributed by atoms with Gasteiger partial charge < -0.3 is 15.3 Å². The fourth-order valence-electron chi connectivity index (χ4n) is 1.92. The lowest BCUT2D eigenvalue weighted by Gasteiger charge is -2.22. The van der Waals surface area contributed by atoms with Gasteiger partial charge in [0.05, 0.1) is 12.6 Å². The van der Waals surface area contributed by atoms with E-state index in [-0.39, 0.29) is 18.5 Å². The van der Waals surface area contributed by atoms with Crippen LogP contribution in [0.1, 0.15) is 19.3 Å². The highest BCUT2D eigenvalue weighted by molar-refractivity contribution is 5.84. The van der Waals surface area contributed by atoms with Gasteiger partial charge >= 0.3 is 6.18 Å². The maximum Gasteiger partial charge on any atom is 0.416 e. The van der Waals surface area contributed by atoms with E-state index in [0.29, 0.717) is 12.5 Å². The number of hydrogen-bond donors (Lipinski definition) is 2. The van der Waals surface area contributed by atoms with Gasteiger partial charge in [-0.25, -0.2) is 0 Å². The molecule has 0 radical (unpaired) electrons. The summed E-state index contributed by atoms with van der Waals surface area (Å²) in [5.74, 6) is -0.333. The highest BCUT2D eigenvalue weighted by Crippen LogP contribution is 2.25. The number of nitrogens with one attached hydrogen (secondary N) is 1. The molecule has 2 aliphatic rings. The van der Waals surface area contributed by atoms with E-state index < -0.39 is 18.8 Å². The zero-order chi connectivity index (χ0) is 12.6. The highest BCUT2D eigenvalue weighted by Gasteiger charge is 2.43. The molecule has 0 aromatic carbocycles. The van der Waals surface area contributed by atoms with Crippen molar-refractivity contribution >= 4 is 5.91 Å². The number of alkyl halides is 3. The molecule has 1 amide bonds. The third kappa shape index (κ3) is 3.10. The molecule has 2 rings (SSSR count). The topological polar surface area (TPSA) is 52.6 Å². The number of carbonyl (C=O) groups excluding carboxylic acids is 1. The second-order valence-electron chi connectivity index (χ2n) is 4.62. The van der Waals surface area contributed by atoms with Crippen LogP contribution >= 0.6 is 0 Å². The maximum atomic E-state index is 12.1. The van der Waals surface area contributed by atoms with Gasteiger partial charge in [-0.15, -0.1) is 0 Å². The normalized spacial score (nSPS) is 27.6. The van der Waals surface area contributed by atoms with Gasteiger partial charge in [-0.2, -0.15) is 13.2 Å². The first-order valence-electron chi connectivity index (χ1n) is 5.67. The molecule has 7 heteroatoms. The standard InChI is InChI=1S/C10H15F3N2O2/c11-10(12,13)8(16)5-15-4-3-7(9(15)17)14-6-1-2-6/h6-8,14,16H,1-5H2. The van der Waals surface area contributed by atoms with E-state index in [4.69, 9.17) is 5.11 Å². The summed E-state index contributed by atoms with van der Waals surface area (Å²) in [5, 5.41) is 12.0. The van der Waals surface area contributed by atoms with Crippen LogP contribution in [0.4, 0.5) is 13.2 Å². The first kappa shape index (κ1) is 12.6. The first-order chi connectivity index (χ1) is 7.88. The van der Waals surface area contributed by atoms with Crippen molar-refractivity contribution in [3.8, 4) is 0 Å². The van der Waals surface area contributed by atoms with Crippen LogP contribution in [-0.2, 0) is 4.79 Å². The minimum absolute atomic E-state index is 0.274. The van der Waals surface area contributed by atoms with E-state index in [2.05, 4.69) is 5.32 Å². The third-order valence-electron chi connectivity index (χ3n) is 3.08. The van der Waals surface area contributed by atoms with E-state index in [0.717, 1.165) is 17.7 Å². The summed E-state index contributed by atoms with van der Waals surface area (Å²) < 4.78 is 36.4. The minimum atomic E-state index is -4.66. The second kappa shape index (κ2) is 4.45. The number of aliphatic hydroxyl groups is 1. The predicted octanol–water partition coefficient (Wildman–Crippen LogP) is 0.262. The lowest BCUT2D eigenvalue weighted by Crippen LogP contribution is -2.45. The zero-order valence-corrected chi connectivity index (χ0v) is 9.20. The van der Waals surface area contributed by atoms with E-state index in [1.807, 2.05) is 0 Å². The van der Waals surface area contributed by atoms with Crippen LogP contribution in [-0.4, -0.2) is 53.4 Å². The zero-order valence-electron chi connectivity index (χ0n) is 9.20. The third-order valence-corrected chi connectivity index (χ3v) is 3.08. The van der Waals surface area contributed by atoms with Gasteiger partial charge in [-0.3, -0.25) is 4.79 Å². The number of hydrogen-bond acceptors (Lipinski definition) is 3. The number of β-amino-alcohol motifs (C(OH)–C–C–N with tert-alkyl or cyclic N) is 1. The van der Waals surface area contributed by atoms with Gasteiger partial charge in [0.1, 0.15) is 0 Å². The molecule has 1 saturated heterocycles. The Morgan fingerprint density at radius 1 is 1.41 bits per heavy atom. The molecule has 2 fully saturated rings. The van der Waals surface area contributed by atoms with Crippen molar-refractivity contribution < 1.29 is 23.1 Å². The summed E-state index contributed by atoms with van der Waals surface area (Å²) in [6.45, 7) is -0.387.